The fraction of sp³-hybridized carbons (Fsp3) is 0.579. The Labute approximate surface area is 129 Å². The number of nitrogens with one attached hydrogen (secondary N) is 1. The van der Waals surface area contributed by atoms with Crippen LogP contribution in [0.1, 0.15) is 52.0 Å². The predicted octanol–water partition coefficient (Wildman–Crippen LogP) is 4.97. The highest BCUT2D eigenvalue weighted by Crippen LogP contribution is 2.22. The molecule has 2 nitrogen and oxygen atoms in total. The zero-order chi connectivity index (χ0) is 15.1. The first-order valence-electron chi connectivity index (χ1n) is 8.56. The largest absolute Gasteiger partial charge is 0.347 e. The van der Waals surface area contributed by atoms with Gasteiger partial charge in [-0.1, -0.05) is 46.1 Å². The molecule has 0 spiro atoms. The molecular weight excluding hydrogens is 256 g/mol. The van der Waals surface area contributed by atoms with Crippen LogP contribution in [0.4, 0.5) is 0 Å². The van der Waals surface area contributed by atoms with E-state index in [4.69, 9.17) is 0 Å². The van der Waals surface area contributed by atoms with Crippen molar-refractivity contribution in [2.24, 2.45) is 5.92 Å². The number of benzene rings is 1. The van der Waals surface area contributed by atoms with Crippen LogP contribution in [-0.2, 0) is 13.1 Å². The lowest BCUT2D eigenvalue weighted by Gasteiger charge is -2.16. The summed E-state index contributed by atoms with van der Waals surface area (Å²) in [6, 6.07) is 9.13. The van der Waals surface area contributed by atoms with E-state index >= 15 is 0 Å². The summed E-state index contributed by atoms with van der Waals surface area (Å²) >= 11 is 0. The zero-order valence-corrected chi connectivity index (χ0v) is 13.9. The lowest BCUT2D eigenvalue weighted by atomic mass is 9.99. The lowest BCUT2D eigenvalue weighted by molar-refractivity contribution is 0.396. The Balaban J connectivity index is 2.10. The van der Waals surface area contributed by atoms with Gasteiger partial charge in [0, 0.05) is 24.8 Å². The number of rotatable bonds is 9. The van der Waals surface area contributed by atoms with Gasteiger partial charge in [0.25, 0.3) is 0 Å². The number of fused-ring (bicyclic) bond motifs is 1. The monoisotopic (exact) mass is 286 g/mol. The third-order valence-corrected chi connectivity index (χ3v) is 4.41. The van der Waals surface area contributed by atoms with E-state index in [9.17, 15) is 0 Å². The maximum Gasteiger partial charge on any atom is 0.0480 e. The fourth-order valence-corrected chi connectivity index (χ4v) is 2.98. The van der Waals surface area contributed by atoms with E-state index in [0.717, 1.165) is 25.6 Å². The van der Waals surface area contributed by atoms with Gasteiger partial charge in [-0.3, -0.25) is 0 Å². The molecule has 0 saturated heterocycles. The first-order valence-corrected chi connectivity index (χ1v) is 8.56. The highest BCUT2D eigenvalue weighted by molar-refractivity contribution is 5.80. The van der Waals surface area contributed by atoms with Gasteiger partial charge in [-0.2, -0.15) is 0 Å². The van der Waals surface area contributed by atoms with Crippen molar-refractivity contribution in [3.05, 3.63) is 36.0 Å². The van der Waals surface area contributed by atoms with Crippen molar-refractivity contribution in [1.82, 2.24) is 9.88 Å². The molecule has 0 aliphatic heterocycles. The lowest BCUT2D eigenvalue weighted by Crippen LogP contribution is -2.11. The van der Waals surface area contributed by atoms with Crippen molar-refractivity contribution in [2.75, 3.05) is 6.54 Å². The summed E-state index contributed by atoms with van der Waals surface area (Å²) in [7, 11) is 0. The second-order valence-electron chi connectivity index (χ2n) is 6.06. The topological polar surface area (TPSA) is 17.0 Å². The predicted molar refractivity (Wildman–Crippen MR) is 92.6 cm³/mol. The van der Waals surface area contributed by atoms with E-state index in [0.29, 0.717) is 0 Å². The molecule has 21 heavy (non-hydrogen) atoms. The number of nitrogens with zero attached hydrogens (tertiary/aromatic N) is 1. The van der Waals surface area contributed by atoms with Crippen molar-refractivity contribution >= 4 is 10.9 Å². The molecule has 0 bridgehead atoms. The third-order valence-electron chi connectivity index (χ3n) is 4.41. The van der Waals surface area contributed by atoms with Gasteiger partial charge in [-0.15, -0.1) is 0 Å². The van der Waals surface area contributed by atoms with Crippen LogP contribution in [0, 0.1) is 5.92 Å². The van der Waals surface area contributed by atoms with Gasteiger partial charge in [0.15, 0.2) is 0 Å². The average Bonchev–Trinajstić information content (AvgIpc) is 2.91. The number of unbranched alkanes of at least 4 members (excludes halogenated alkanes) is 1. The molecule has 116 valence electrons. The van der Waals surface area contributed by atoms with Gasteiger partial charge in [0.1, 0.15) is 0 Å². The molecular formula is C19H30N2. The summed E-state index contributed by atoms with van der Waals surface area (Å²) in [4.78, 5) is 0. The van der Waals surface area contributed by atoms with Gasteiger partial charge in [0.05, 0.1) is 0 Å². The fourth-order valence-electron chi connectivity index (χ4n) is 2.98. The third kappa shape index (κ3) is 4.34. The van der Waals surface area contributed by atoms with E-state index in [-0.39, 0.29) is 0 Å². The molecule has 0 fully saturated rings. The first-order chi connectivity index (χ1) is 10.3. The standard InChI is InChI=1S/C19H30N2/c1-4-7-8-16(5-2)15-21-12-11-18-13-17(14-20-6-3)9-10-19(18)21/h9-13,16,20H,4-8,14-15H2,1-3H3. The maximum atomic E-state index is 3.39. The minimum absolute atomic E-state index is 0.807. The second-order valence-corrected chi connectivity index (χ2v) is 6.06. The minimum Gasteiger partial charge on any atom is -0.347 e. The smallest absolute Gasteiger partial charge is 0.0480 e. The van der Waals surface area contributed by atoms with Crippen molar-refractivity contribution in [1.29, 1.82) is 0 Å². The van der Waals surface area contributed by atoms with Crippen molar-refractivity contribution in [2.45, 2.75) is 59.5 Å². The summed E-state index contributed by atoms with van der Waals surface area (Å²) < 4.78 is 2.44. The molecule has 0 radical (unpaired) electrons. The number of hydrogen-bond donors (Lipinski definition) is 1. The summed E-state index contributed by atoms with van der Waals surface area (Å²) in [5.41, 5.74) is 2.75. The molecule has 1 unspecified atom stereocenters. The van der Waals surface area contributed by atoms with Gasteiger partial charge >= 0.3 is 0 Å². The van der Waals surface area contributed by atoms with Crippen molar-refractivity contribution in [3.8, 4) is 0 Å². The minimum atomic E-state index is 0.807. The molecule has 0 aliphatic rings. The van der Waals surface area contributed by atoms with Crippen molar-refractivity contribution < 1.29 is 0 Å². The second kappa shape index (κ2) is 8.23. The average molecular weight is 286 g/mol. The molecule has 1 heterocycles. The van der Waals surface area contributed by atoms with Crippen LogP contribution in [0.25, 0.3) is 10.9 Å². The SMILES string of the molecule is CCCCC(CC)Cn1ccc2cc(CNCC)ccc21. The summed E-state index contributed by atoms with van der Waals surface area (Å²) in [6.07, 6.45) is 7.54. The Kier molecular flexibility index (Phi) is 6.31. The van der Waals surface area contributed by atoms with Crippen LogP contribution in [0.5, 0.6) is 0 Å². The summed E-state index contributed by atoms with van der Waals surface area (Å²) in [6.45, 7) is 9.90. The van der Waals surface area contributed by atoms with Gasteiger partial charge in [-0.05, 0) is 48.0 Å². The molecule has 2 heteroatoms. The molecule has 0 amide bonds. The highest BCUT2D eigenvalue weighted by atomic mass is 15.0. The van der Waals surface area contributed by atoms with Gasteiger partial charge in [0.2, 0.25) is 0 Å². The number of hydrogen-bond acceptors (Lipinski definition) is 1. The molecule has 1 N–H and O–H groups in total. The van der Waals surface area contributed by atoms with Gasteiger partial charge in [-0.25, -0.2) is 0 Å². The summed E-state index contributed by atoms with van der Waals surface area (Å²) in [5.74, 6) is 0.807. The van der Waals surface area contributed by atoms with Gasteiger partial charge < -0.3 is 9.88 Å². The Morgan fingerprint density at radius 3 is 2.71 bits per heavy atom. The first kappa shape index (κ1) is 16.1. The molecule has 2 rings (SSSR count). The van der Waals surface area contributed by atoms with E-state index in [1.807, 2.05) is 0 Å². The maximum absolute atomic E-state index is 3.39. The van der Waals surface area contributed by atoms with Crippen LogP contribution in [0.3, 0.4) is 0 Å². The van der Waals surface area contributed by atoms with Crippen LogP contribution in [0.15, 0.2) is 30.5 Å². The van der Waals surface area contributed by atoms with Crippen molar-refractivity contribution in [3.63, 3.8) is 0 Å². The van der Waals surface area contributed by atoms with E-state index in [1.165, 1.54) is 42.1 Å². The number of aromatic nitrogens is 1. The quantitative estimate of drug-likeness (QED) is 0.689. The zero-order valence-electron chi connectivity index (χ0n) is 13.9. The van der Waals surface area contributed by atoms with Crippen LogP contribution >= 0.6 is 0 Å². The van der Waals surface area contributed by atoms with E-state index < -0.39 is 0 Å². The Bertz CT molecular complexity index is 541. The highest BCUT2D eigenvalue weighted by Gasteiger charge is 2.09. The Morgan fingerprint density at radius 1 is 1.14 bits per heavy atom. The molecule has 1 aromatic carbocycles. The molecule has 0 aliphatic carbocycles. The summed E-state index contributed by atoms with van der Waals surface area (Å²) in [5, 5.41) is 4.76. The van der Waals surface area contributed by atoms with Crippen LogP contribution in [0.2, 0.25) is 0 Å². The van der Waals surface area contributed by atoms with Crippen LogP contribution < -0.4 is 5.32 Å². The molecule has 1 aromatic heterocycles. The Morgan fingerprint density at radius 2 is 2.00 bits per heavy atom. The van der Waals surface area contributed by atoms with E-state index in [2.05, 4.69) is 61.1 Å². The van der Waals surface area contributed by atoms with E-state index in [1.54, 1.807) is 0 Å². The molecule has 0 saturated carbocycles. The normalized spacial score (nSPS) is 12.9. The molecule has 2 aromatic rings. The van der Waals surface area contributed by atoms with Crippen LogP contribution in [-0.4, -0.2) is 11.1 Å². The Hall–Kier alpha value is -1.28. The molecule has 1 atom stereocenters.